The Morgan fingerprint density at radius 3 is 2.17 bits per heavy atom. The number of benzene rings is 2. The lowest BCUT2D eigenvalue weighted by molar-refractivity contribution is -0.122. The van der Waals surface area contributed by atoms with Crippen molar-refractivity contribution >= 4 is 11.6 Å². The lowest BCUT2D eigenvalue weighted by Gasteiger charge is -2.17. The fraction of sp³-hybridized carbons (Fsp3) is 0.350. The zero-order chi connectivity index (χ0) is 16.8. The highest BCUT2D eigenvalue weighted by Gasteiger charge is 2.18. The minimum Gasteiger partial charge on any atom is -0.481 e. The van der Waals surface area contributed by atoms with Crippen LogP contribution in [-0.2, 0) is 4.79 Å². The van der Waals surface area contributed by atoms with Crippen LogP contribution >= 0.6 is 0 Å². The first-order valence-corrected chi connectivity index (χ1v) is 8.13. The molecule has 0 heterocycles. The maximum Gasteiger partial charge on any atom is 0.265 e. The predicted octanol–water partition coefficient (Wildman–Crippen LogP) is 4.91. The molecule has 0 bridgehead atoms. The van der Waals surface area contributed by atoms with E-state index in [1.165, 1.54) is 11.1 Å². The van der Waals surface area contributed by atoms with Crippen LogP contribution in [0.1, 0.15) is 44.2 Å². The molecule has 3 heteroatoms. The number of carbonyl (C=O) groups excluding carboxylic acids is 1. The number of hydrogen-bond donors (Lipinski definition) is 1. The Morgan fingerprint density at radius 1 is 1.04 bits per heavy atom. The third-order valence-electron chi connectivity index (χ3n) is 3.81. The summed E-state index contributed by atoms with van der Waals surface area (Å²) in [5, 5.41) is 2.93. The SMILES string of the molecule is CC[C@H](Oc1ccc(C)cc1)C(=O)Nc1ccc(C(C)C)cc1. The number of carbonyl (C=O) groups is 1. The smallest absolute Gasteiger partial charge is 0.265 e. The van der Waals surface area contributed by atoms with E-state index in [9.17, 15) is 4.79 Å². The third kappa shape index (κ3) is 4.85. The summed E-state index contributed by atoms with van der Waals surface area (Å²) in [7, 11) is 0. The summed E-state index contributed by atoms with van der Waals surface area (Å²) in [6.07, 6.45) is 0.117. The van der Waals surface area contributed by atoms with Crippen molar-refractivity contribution in [2.24, 2.45) is 0 Å². The monoisotopic (exact) mass is 311 g/mol. The van der Waals surface area contributed by atoms with Crippen molar-refractivity contribution in [3.63, 3.8) is 0 Å². The summed E-state index contributed by atoms with van der Waals surface area (Å²) in [5.41, 5.74) is 3.22. The highest BCUT2D eigenvalue weighted by Crippen LogP contribution is 2.19. The van der Waals surface area contributed by atoms with Gasteiger partial charge in [-0.2, -0.15) is 0 Å². The summed E-state index contributed by atoms with van der Waals surface area (Å²) >= 11 is 0. The van der Waals surface area contributed by atoms with Gasteiger partial charge in [-0.25, -0.2) is 0 Å². The lowest BCUT2D eigenvalue weighted by Crippen LogP contribution is -2.32. The molecule has 0 fully saturated rings. The van der Waals surface area contributed by atoms with E-state index in [2.05, 4.69) is 19.2 Å². The lowest BCUT2D eigenvalue weighted by atomic mass is 10.0. The van der Waals surface area contributed by atoms with Gasteiger partial charge in [-0.05, 0) is 49.1 Å². The van der Waals surface area contributed by atoms with Gasteiger partial charge in [-0.15, -0.1) is 0 Å². The van der Waals surface area contributed by atoms with Crippen molar-refractivity contribution < 1.29 is 9.53 Å². The summed E-state index contributed by atoms with van der Waals surface area (Å²) in [6.45, 7) is 8.27. The second-order valence-electron chi connectivity index (χ2n) is 6.09. The average Bonchev–Trinajstić information content (AvgIpc) is 2.54. The molecule has 0 spiro atoms. The zero-order valence-electron chi connectivity index (χ0n) is 14.3. The van der Waals surface area contributed by atoms with Gasteiger partial charge in [0.15, 0.2) is 6.10 Å². The van der Waals surface area contributed by atoms with E-state index in [-0.39, 0.29) is 5.91 Å². The Balaban J connectivity index is 2.00. The minimum atomic E-state index is -0.498. The van der Waals surface area contributed by atoms with Gasteiger partial charge in [0.05, 0.1) is 0 Å². The maximum atomic E-state index is 12.4. The average molecular weight is 311 g/mol. The topological polar surface area (TPSA) is 38.3 Å². The van der Waals surface area contributed by atoms with Crippen LogP contribution in [0.3, 0.4) is 0 Å². The highest BCUT2D eigenvalue weighted by atomic mass is 16.5. The Labute approximate surface area is 138 Å². The molecule has 0 aliphatic carbocycles. The molecule has 0 aliphatic heterocycles. The number of amides is 1. The molecular formula is C20H25NO2. The summed E-state index contributed by atoms with van der Waals surface area (Å²) in [4.78, 5) is 12.4. The second-order valence-corrected chi connectivity index (χ2v) is 6.09. The van der Waals surface area contributed by atoms with Crippen molar-refractivity contribution in [2.45, 2.75) is 46.1 Å². The number of nitrogens with one attached hydrogen (secondary N) is 1. The van der Waals surface area contributed by atoms with E-state index >= 15 is 0 Å². The quantitative estimate of drug-likeness (QED) is 0.822. The molecule has 0 aromatic heterocycles. The molecule has 0 unspecified atom stereocenters. The van der Waals surface area contributed by atoms with Crippen molar-refractivity contribution in [1.29, 1.82) is 0 Å². The third-order valence-corrected chi connectivity index (χ3v) is 3.81. The van der Waals surface area contributed by atoms with Crippen LogP contribution in [0.25, 0.3) is 0 Å². The van der Waals surface area contributed by atoms with E-state index < -0.39 is 6.10 Å². The Morgan fingerprint density at radius 2 is 1.65 bits per heavy atom. The highest BCUT2D eigenvalue weighted by molar-refractivity contribution is 5.94. The van der Waals surface area contributed by atoms with Crippen LogP contribution in [0.15, 0.2) is 48.5 Å². The Bertz CT molecular complexity index is 630. The maximum absolute atomic E-state index is 12.4. The molecule has 23 heavy (non-hydrogen) atoms. The Hall–Kier alpha value is -2.29. The number of anilines is 1. The van der Waals surface area contributed by atoms with Gasteiger partial charge >= 0.3 is 0 Å². The zero-order valence-corrected chi connectivity index (χ0v) is 14.3. The summed E-state index contributed by atoms with van der Waals surface area (Å²) in [6, 6.07) is 15.7. The van der Waals surface area contributed by atoms with Gasteiger partial charge in [-0.3, -0.25) is 4.79 Å². The fourth-order valence-corrected chi connectivity index (χ4v) is 2.28. The predicted molar refractivity (Wildman–Crippen MR) is 95.0 cm³/mol. The molecule has 1 amide bonds. The van der Waals surface area contributed by atoms with Crippen molar-refractivity contribution in [1.82, 2.24) is 0 Å². The first-order chi connectivity index (χ1) is 11.0. The first-order valence-electron chi connectivity index (χ1n) is 8.13. The molecule has 0 saturated carbocycles. The Kier molecular flexibility index (Phi) is 5.80. The summed E-state index contributed by atoms with van der Waals surface area (Å²) < 4.78 is 5.80. The standard InChI is InChI=1S/C20H25NO2/c1-5-19(23-18-12-6-15(4)7-13-18)20(22)21-17-10-8-16(9-11-17)14(2)3/h6-14,19H,5H2,1-4H3,(H,21,22)/t19-/m0/s1. The molecule has 2 rings (SSSR count). The second kappa shape index (κ2) is 7.82. The molecule has 1 atom stereocenters. The molecule has 2 aromatic carbocycles. The van der Waals surface area contributed by atoms with Gasteiger partial charge in [0.2, 0.25) is 0 Å². The fourth-order valence-electron chi connectivity index (χ4n) is 2.28. The van der Waals surface area contributed by atoms with E-state index in [0.717, 1.165) is 5.69 Å². The molecule has 122 valence electrons. The molecule has 1 N–H and O–H groups in total. The van der Waals surface area contributed by atoms with Crippen LogP contribution < -0.4 is 10.1 Å². The minimum absolute atomic E-state index is 0.120. The van der Waals surface area contributed by atoms with Crippen LogP contribution in [0.5, 0.6) is 5.75 Å². The van der Waals surface area contributed by atoms with Gasteiger partial charge < -0.3 is 10.1 Å². The number of ether oxygens (including phenoxy) is 1. The number of aryl methyl sites for hydroxylation is 1. The molecule has 0 aliphatic rings. The molecule has 0 radical (unpaired) electrons. The molecule has 3 nitrogen and oxygen atoms in total. The van der Waals surface area contributed by atoms with Crippen LogP contribution in [0.2, 0.25) is 0 Å². The van der Waals surface area contributed by atoms with Crippen molar-refractivity contribution in [3.8, 4) is 5.75 Å². The molecular weight excluding hydrogens is 286 g/mol. The van der Waals surface area contributed by atoms with Crippen LogP contribution in [-0.4, -0.2) is 12.0 Å². The molecule has 0 saturated heterocycles. The van der Waals surface area contributed by atoms with Crippen LogP contribution in [0, 0.1) is 6.92 Å². The van der Waals surface area contributed by atoms with Gasteiger partial charge in [-0.1, -0.05) is 50.6 Å². The van der Waals surface area contributed by atoms with E-state index in [4.69, 9.17) is 4.74 Å². The first kappa shape index (κ1) is 17.1. The van der Waals surface area contributed by atoms with E-state index in [0.29, 0.717) is 18.1 Å². The van der Waals surface area contributed by atoms with Gasteiger partial charge in [0, 0.05) is 5.69 Å². The van der Waals surface area contributed by atoms with E-state index in [1.807, 2.05) is 62.4 Å². The molecule has 2 aromatic rings. The largest absolute Gasteiger partial charge is 0.481 e. The normalized spacial score (nSPS) is 12.0. The number of rotatable bonds is 6. The van der Waals surface area contributed by atoms with Crippen LogP contribution in [0.4, 0.5) is 5.69 Å². The van der Waals surface area contributed by atoms with E-state index in [1.54, 1.807) is 0 Å². The number of hydrogen-bond acceptors (Lipinski definition) is 2. The van der Waals surface area contributed by atoms with Crippen molar-refractivity contribution in [3.05, 3.63) is 59.7 Å². The van der Waals surface area contributed by atoms with Gasteiger partial charge in [0.1, 0.15) is 5.75 Å². The van der Waals surface area contributed by atoms with Crippen molar-refractivity contribution in [2.75, 3.05) is 5.32 Å². The summed E-state index contributed by atoms with van der Waals surface area (Å²) in [5.74, 6) is 1.08. The van der Waals surface area contributed by atoms with Gasteiger partial charge in [0.25, 0.3) is 5.91 Å².